The maximum Gasteiger partial charge on any atom is 0.237 e. The average Bonchev–Trinajstić information content (AvgIpc) is 3.40. The quantitative estimate of drug-likeness (QED) is 0.328. The molecule has 0 aliphatic carbocycles. The second kappa shape index (κ2) is 9.89. The first-order chi connectivity index (χ1) is 16.3. The molecule has 182 valence electrons. The standard InChI is InChI=1S/C22H29N7O5/c1-28(2)19-17-20(25-10-24-19)29(11-26-17)22-18(31)16(15(9-30)34-22)27-21(32)14(23)8-12-4-6-13(33-3)7-5-12/h4-7,10-11,14-16,18,22,30-31H,8-9,23H2,1-3H3,(H,27,32)/t14-,15?,16?,18-,22?/m0/s1. The van der Waals surface area contributed by atoms with Gasteiger partial charge in [0.05, 0.1) is 32.1 Å². The van der Waals surface area contributed by atoms with E-state index in [4.69, 9.17) is 15.2 Å². The number of nitrogens with one attached hydrogen (secondary N) is 1. The zero-order valence-corrected chi connectivity index (χ0v) is 19.2. The molecule has 0 bridgehead atoms. The predicted octanol–water partition coefficient (Wildman–Crippen LogP) is -0.794. The van der Waals surface area contributed by atoms with Crippen LogP contribution in [-0.2, 0) is 16.0 Å². The van der Waals surface area contributed by atoms with Crippen molar-refractivity contribution >= 4 is 22.9 Å². The molecule has 1 aromatic carbocycles. The van der Waals surface area contributed by atoms with Gasteiger partial charge in [-0.05, 0) is 24.1 Å². The molecule has 5 N–H and O–H groups in total. The number of carbonyl (C=O) groups is 1. The Morgan fingerprint density at radius 1 is 1.29 bits per heavy atom. The van der Waals surface area contributed by atoms with Gasteiger partial charge < -0.3 is 35.6 Å². The number of aromatic nitrogens is 4. The lowest BCUT2D eigenvalue weighted by molar-refractivity contribution is -0.124. The Balaban J connectivity index is 1.49. The molecule has 1 aliphatic rings. The smallest absolute Gasteiger partial charge is 0.237 e. The molecule has 5 atom stereocenters. The normalized spacial score (nSPS) is 23.1. The third-order valence-electron chi connectivity index (χ3n) is 5.85. The van der Waals surface area contributed by atoms with Crippen LogP contribution in [0.4, 0.5) is 5.82 Å². The number of benzene rings is 1. The average molecular weight is 472 g/mol. The molecule has 2 aromatic heterocycles. The van der Waals surface area contributed by atoms with Gasteiger partial charge in [-0.2, -0.15) is 0 Å². The van der Waals surface area contributed by atoms with Gasteiger partial charge in [-0.1, -0.05) is 12.1 Å². The SMILES string of the molecule is COc1ccc(C[C@H](N)C(=O)NC2C(CO)OC(n3cnc4c(N(C)C)ncnc43)[C@H]2O)cc1. The van der Waals surface area contributed by atoms with Crippen molar-refractivity contribution in [3.63, 3.8) is 0 Å². The van der Waals surface area contributed by atoms with Crippen LogP contribution in [0.15, 0.2) is 36.9 Å². The molecule has 3 heterocycles. The number of fused-ring (bicyclic) bond motifs is 1. The summed E-state index contributed by atoms with van der Waals surface area (Å²) in [6.45, 7) is -0.406. The molecule has 0 spiro atoms. The van der Waals surface area contributed by atoms with Gasteiger partial charge in [-0.25, -0.2) is 15.0 Å². The molecule has 1 saturated heterocycles. The lowest BCUT2D eigenvalue weighted by Gasteiger charge is -2.23. The third-order valence-corrected chi connectivity index (χ3v) is 5.85. The molecule has 0 radical (unpaired) electrons. The Kier molecular flexibility index (Phi) is 6.93. The fourth-order valence-corrected chi connectivity index (χ4v) is 4.04. The number of anilines is 1. The van der Waals surface area contributed by atoms with Crippen LogP contribution in [0.2, 0.25) is 0 Å². The number of rotatable bonds is 8. The Labute approximate surface area is 196 Å². The highest BCUT2D eigenvalue weighted by Gasteiger charge is 2.46. The fraction of sp³-hybridized carbons (Fsp3) is 0.455. The van der Waals surface area contributed by atoms with Crippen molar-refractivity contribution in [3.05, 3.63) is 42.5 Å². The first-order valence-corrected chi connectivity index (χ1v) is 10.8. The monoisotopic (exact) mass is 471 g/mol. The molecule has 1 aliphatic heterocycles. The second-order valence-electron chi connectivity index (χ2n) is 8.35. The molecule has 4 rings (SSSR count). The van der Waals surface area contributed by atoms with E-state index in [2.05, 4.69) is 20.3 Å². The van der Waals surface area contributed by atoms with Crippen molar-refractivity contribution in [1.82, 2.24) is 24.8 Å². The van der Waals surface area contributed by atoms with Gasteiger partial charge in [-0.15, -0.1) is 0 Å². The van der Waals surface area contributed by atoms with Crippen LogP contribution in [0.1, 0.15) is 11.8 Å². The molecule has 3 unspecified atom stereocenters. The Bertz CT molecular complexity index is 1140. The van der Waals surface area contributed by atoms with Crippen LogP contribution in [0.25, 0.3) is 11.2 Å². The summed E-state index contributed by atoms with van der Waals surface area (Å²) in [5.41, 5.74) is 7.98. The van der Waals surface area contributed by atoms with Crippen molar-refractivity contribution in [2.24, 2.45) is 5.73 Å². The minimum atomic E-state index is -1.18. The lowest BCUT2D eigenvalue weighted by atomic mass is 10.0. The number of ether oxygens (including phenoxy) is 2. The van der Waals surface area contributed by atoms with E-state index in [1.165, 1.54) is 12.7 Å². The van der Waals surface area contributed by atoms with Crippen LogP contribution in [0.3, 0.4) is 0 Å². The van der Waals surface area contributed by atoms with E-state index in [-0.39, 0.29) is 0 Å². The summed E-state index contributed by atoms with van der Waals surface area (Å²) >= 11 is 0. The van der Waals surface area contributed by atoms with Crippen molar-refractivity contribution < 1.29 is 24.5 Å². The van der Waals surface area contributed by atoms with E-state index in [1.54, 1.807) is 28.7 Å². The number of hydrogen-bond donors (Lipinski definition) is 4. The Morgan fingerprint density at radius 3 is 2.68 bits per heavy atom. The number of amides is 1. The zero-order chi connectivity index (χ0) is 24.4. The molecular formula is C22H29N7O5. The molecule has 0 saturated carbocycles. The van der Waals surface area contributed by atoms with E-state index in [0.29, 0.717) is 29.2 Å². The minimum Gasteiger partial charge on any atom is -0.497 e. The summed E-state index contributed by atoms with van der Waals surface area (Å²) in [5.74, 6) is 0.861. The molecular weight excluding hydrogens is 442 g/mol. The van der Waals surface area contributed by atoms with E-state index in [9.17, 15) is 15.0 Å². The predicted molar refractivity (Wildman–Crippen MR) is 123 cm³/mol. The van der Waals surface area contributed by atoms with Gasteiger partial charge in [0.25, 0.3) is 0 Å². The van der Waals surface area contributed by atoms with Crippen LogP contribution < -0.4 is 20.7 Å². The zero-order valence-electron chi connectivity index (χ0n) is 19.2. The maximum atomic E-state index is 12.8. The van der Waals surface area contributed by atoms with Crippen molar-refractivity contribution in [2.45, 2.75) is 36.9 Å². The van der Waals surface area contributed by atoms with Crippen LogP contribution >= 0.6 is 0 Å². The van der Waals surface area contributed by atoms with E-state index in [0.717, 1.165) is 5.56 Å². The molecule has 12 heteroatoms. The summed E-state index contributed by atoms with van der Waals surface area (Å²) in [6, 6.07) is 5.52. The molecule has 3 aromatic rings. The fourth-order valence-electron chi connectivity index (χ4n) is 4.04. The highest BCUT2D eigenvalue weighted by molar-refractivity contribution is 5.83. The first-order valence-electron chi connectivity index (χ1n) is 10.8. The number of imidazole rings is 1. The maximum absolute atomic E-state index is 12.8. The summed E-state index contributed by atoms with van der Waals surface area (Å²) in [5, 5.41) is 23.6. The van der Waals surface area contributed by atoms with Crippen LogP contribution in [-0.4, -0.2) is 87.7 Å². The molecule has 34 heavy (non-hydrogen) atoms. The summed E-state index contributed by atoms with van der Waals surface area (Å²) in [7, 11) is 5.25. The van der Waals surface area contributed by atoms with E-state index in [1.807, 2.05) is 26.2 Å². The summed E-state index contributed by atoms with van der Waals surface area (Å²) in [6.07, 6.45) is 0.250. The van der Waals surface area contributed by atoms with Crippen molar-refractivity contribution in [2.75, 3.05) is 32.7 Å². The highest BCUT2D eigenvalue weighted by Crippen LogP contribution is 2.32. The van der Waals surface area contributed by atoms with Gasteiger partial charge >= 0.3 is 0 Å². The topological polar surface area (TPSA) is 161 Å². The first kappa shape index (κ1) is 23.8. The number of methoxy groups -OCH3 is 1. The van der Waals surface area contributed by atoms with Gasteiger partial charge in [0, 0.05) is 14.1 Å². The number of nitrogens with zero attached hydrogens (tertiary/aromatic N) is 5. The van der Waals surface area contributed by atoms with Crippen molar-refractivity contribution in [3.8, 4) is 5.75 Å². The van der Waals surface area contributed by atoms with Gasteiger partial charge in [0.2, 0.25) is 5.91 Å². The number of hydrogen-bond acceptors (Lipinski definition) is 10. The Hall–Kier alpha value is -3.32. The summed E-state index contributed by atoms with van der Waals surface area (Å²) < 4.78 is 12.6. The van der Waals surface area contributed by atoms with E-state index < -0.39 is 43.0 Å². The van der Waals surface area contributed by atoms with Gasteiger partial charge in [-0.3, -0.25) is 9.36 Å². The number of aliphatic hydroxyl groups excluding tert-OH is 2. The number of nitrogens with two attached hydrogens (primary N) is 1. The molecule has 1 fully saturated rings. The number of aliphatic hydroxyl groups is 2. The second-order valence-corrected chi connectivity index (χ2v) is 8.35. The Morgan fingerprint density at radius 2 is 2.03 bits per heavy atom. The minimum absolute atomic E-state index is 0.295. The van der Waals surface area contributed by atoms with Gasteiger partial charge in [0.15, 0.2) is 23.2 Å². The highest BCUT2D eigenvalue weighted by atomic mass is 16.5. The van der Waals surface area contributed by atoms with Gasteiger partial charge in [0.1, 0.15) is 24.3 Å². The van der Waals surface area contributed by atoms with Crippen molar-refractivity contribution in [1.29, 1.82) is 0 Å². The van der Waals surface area contributed by atoms with Crippen LogP contribution in [0.5, 0.6) is 5.75 Å². The van der Waals surface area contributed by atoms with E-state index >= 15 is 0 Å². The van der Waals surface area contributed by atoms with Crippen LogP contribution in [0, 0.1) is 0 Å². The molecule has 1 amide bonds. The largest absolute Gasteiger partial charge is 0.497 e. The molecule has 12 nitrogen and oxygen atoms in total. The third kappa shape index (κ3) is 4.53. The lowest BCUT2D eigenvalue weighted by Crippen LogP contribution is -2.53. The summed E-state index contributed by atoms with van der Waals surface area (Å²) in [4.78, 5) is 27.5. The number of carbonyl (C=O) groups excluding carboxylic acids is 1.